The summed E-state index contributed by atoms with van der Waals surface area (Å²) in [6, 6.07) is 5.57. The average Bonchev–Trinajstić information content (AvgIpc) is 2.79. The normalized spacial score (nSPS) is 9.93. The van der Waals surface area contributed by atoms with E-state index < -0.39 is 0 Å². The van der Waals surface area contributed by atoms with Crippen LogP contribution in [-0.2, 0) is 6.54 Å². The Hall–Kier alpha value is -2.04. The zero-order valence-electron chi connectivity index (χ0n) is 8.40. The maximum absolute atomic E-state index is 5.02. The predicted molar refractivity (Wildman–Crippen MR) is 56.7 cm³/mol. The van der Waals surface area contributed by atoms with Crippen LogP contribution in [0.3, 0.4) is 0 Å². The van der Waals surface area contributed by atoms with Crippen molar-refractivity contribution < 1.29 is 4.74 Å². The van der Waals surface area contributed by atoms with Crippen LogP contribution in [-0.4, -0.2) is 22.1 Å². The van der Waals surface area contributed by atoms with Gasteiger partial charge in [0.2, 0.25) is 5.88 Å². The summed E-state index contributed by atoms with van der Waals surface area (Å²) < 4.78 is 5.02. The van der Waals surface area contributed by atoms with Gasteiger partial charge in [-0.15, -0.1) is 0 Å². The molecule has 0 saturated carbocycles. The predicted octanol–water partition coefficient (Wildman–Crippen LogP) is 1.43. The monoisotopic (exact) mass is 204 g/mol. The van der Waals surface area contributed by atoms with Crippen molar-refractivity contribution >= 4 is 5.82 Å². The summed E-state index contributed by atoms with van der Waals surface area (Å²) in [5.74, 6) is 2.24. The summed E-state index contributed by atoms with van der Waals surface area (Å²) in [6.45, 7) is 0.618. The number of ether oxygens (including phenoxy) is 1. The molecule has 0 aliphatic rings. The number of methoxy groups -OCH3 is 1. The van der Waals surface area contributed by atoms with Gasteiger partial charge in [0, 0.05) is 18.5 Å². The van der Waals surface area contributed by atoms with Gasteiger partial charge in [0.1, 0.15) is 11.6 Å². The summed E-state index contributed by atoms with van der Waals surface area (Å²) in [5, 5.41) is 3.14. The van der Waals surface area contributed by atoms with Crippen LogP contribution in [0.4, 0.5) is 5.82 Å². The topological polar surface area (TPSA) is 62.8 Å². The van der Waals surface area contributed by atoms with Crippen LogP contribution in [0, 0.1) is 0 Å². The van der Waals surface area contributed by atoms with E-state index in [0.717, 1.165) is 11.6 Å². The van der Waals surface area contributed by atoms with Gasteiger partial charge in [-0.3, -0.25) is 0 Å². The van der Waals surface area contributed by atoms with Gasteiger partial charge in [0.05, 0.1) is 13.7 Å². The number of rotatable bonds is 4. The molecule has 15 heavy (non-hydrogen) atoms. The van der Waals surface area contributed by atoms with Gasteiger partial charge in [0.25, 0.3) is 0 Å². The van der Waals surface area contributed by atoms with Gasteiger partial charge in [-0.1, -0.05) is 6.07 Å². The zero-order valence-corrected chi connectivity index (χ0v) is 8.40. The molecular formula is C10H12N4O. The third kappa shape index (κ3) is 2.46. The highest BCUT2D eigenvalue weighted by molar-refractivity contribution is 5.37. The van der Waals surface area contributed by atoms with Crippen molar-refractivity contribution in [2.45, 2.75) is 6.54 Å². The molecule has 2 heterocycles. The number of aromatic nitrogens is 3. The Morgan fingerprint density at radius 3 is 3.13 bits per heavy atom. The molecule has 0 saturated heterocycles. The van der Waals surface area contributed by atoms with E-state index in [0.29, 0.717) is 12.4 Å². The Morgan fingerprint density at radius 2 is 2.40 bits per heavy atom. The van der Waals surface area contributed by atoms with Crippen molar-refractivity contribution in [3.8, 4) is 5.88 Å². The summed E-state index contributed by atoms with van der Waals surface area (Å²) >= 11 is 0. The zero-order chi connectivity index (χ0) is 10.5. The van der Waals surface area contributed by atoms with Gasteiger partial charge in [-0.2, -0.15) is 4.98 Å². The molecule has 2 rings (SSSR count). The molecule has 2 N–H and O–H groups in total. The smallest absolute Gasteiger partial charge is 0.214 e. The number of pyridine rings is 1. The first-order valence-electron chi connectivity index (χ1n) is 4.61. The molecule has 0 aliphatic carbocycles. The van der Waals surface area contributed by atoms with Crippen molar-refractivity contribution in [3.63, 3.8) is 0 Å². The quantitative estimate of drug-likeness (QED) is 0.790. The Balaban J connectivity index is 1.98. The standard InChI is InChI=1S/C10H12N4O/c1-15-10-4-2-3-8(14-10)13-7-9-11-5-6-12-9/h2-6H,7H2,1H3,(H,11,12)(H,13,14). The molecule has 0 fully saturated rings. The minimum absolute atomic E-state index is 0.597. The molecular weight excluding hydrogens is 192 g/mol. The summed E-state index contributed by atoms with van der Waals surface area (Å²) in [7, 11) is 1.60. The molecule has 0 amide bonds. The van der Waals surface area contributed by atoms with Crippen LogP contribution in [0.5, 0.6) is 5.88 Å². The molecule has 2 aromatic heterocycles. The molecule has 0 unspecified atom stereocenters. The van der Waals surface area contributed by atoms with Crippen LogP contribution in [0.1, 0.15) is 5.82 Å². The SMILES string of the molecule is COc1cccc(NCc2ncc[nH]2)n1. The van der Waals surface area contributed by atoms with E-state index in [-0.39, 0.29) is 0 Å². The largest absolute Gasteiger partial charge is 0.481 e. The maximum atomic E-state index is 5.02. The molecule has 2 aromatic rings. The second-order valence-electron chi connectivity index (χ2n) is 2.95. The lowest BCUT2D eigenvalue weighted by Gasteiger charge is -2.04. The lowest BCUT2D eigenvalue weighted by atomic mass is 10.4. The molecule has 78 valence electrons. The third-order valence-electron chi connectivity index (χ3n) is 1.92. The third-order valence-corrected chi connectivity index (χ3v) is 1.92. The lowest BCUT2D eigenvalue weighted by Crippen LogP contribution is -2.03. The minimum atomic E-state index is 0.597. The molecule has 0 bridgehead atoms. The van der Waals surface area contributed by atoms with Crippen molar-refractivity contribution in [2.75, 3.05) is 12.4 Å². The Kier molecular flexibility index (Phi) is 2.82. The maximum Gasteiger partial charge on any atom is 0.214 e. The van der Waals surface area contributed by atoms with Crippen LogP contribution in [0.15, 0.2) is 30.6 Å². The average molecular weight is 204 g/mol. The highest BCUT2D eigenvalue weighted by atomic mass is 16.5. The molecule has 5 nitrogen and oxygen atoms in total. The van der Waals surface area contributed by atoms with E-state index in [4.69, 9.17) is 4.74 Å². The molecule has 0 aromatic carbocycles. The van der Waals surface area contributed by atoms with Crippen LogP contribution < -0.4 is 10.1 Å². The molecule has 0 aliphatic heterocycles. The fourth-order valence-electron chi connectivity index (χ4n) is 1.20. The number of hydrogen-bond donors (Lipinski definition) is 2. The van der Waals surface area contributed by atoms with Crippen molar-refractivity contribution in [2.24, 2.45) is 0 Å². The van der Waals surface area contributed by atoms with Crippen molar-refractivity contribution in [1.82, 2.24) is 15.0 Å². The fraction of sp³-hybridized carbons (Fsp3) is 0.200. The minimum Gasteiger partial charge on any atom is -0.481 e. The van der Waals surface area contributed by atoms with E-state index >= 15 is 0 Å². The molecule has 5 heteroatoms. The lowest BCUT2D eigenvalue weighted by molar-refractivity contribution is 0.398. The van der Waals surface area contributed by atoms with E-state index in [1.807, 2.05) is 12.1 Å². The van der Waals surface area contributed by atoms with E-state index in [1.165, 1.54) is 0 Å². The van der Waals surface area contributed by atoms with Crippen LogP contribution in [0.25, 0.3) is 0 Å². The van der Waals surface area contributed by atoms with E-state index in [9.17, 15) is 0 Å². The molecule has 0 spiro atoms. The van der Waals surface area contributed by atoms with Gasteiger partial charge in [-0.05, 0) is 6.07 Å². The number of nitrogens with zero attached hydrogens (tertiary/aromatic N) is 2. The first-order valence-corrected chi connectivity index (χ1v) is 4.61. The van der Waals surface area contributed by atoms with Crippen molar-refractivity contribution in [1.29, 1.82) is 0 Å². The first kappa shape index (κ1) is 9.51. The Morgan fingerprint density at radius 1 is 1.47 bits per heavy atom. The Bertz CT molecular complexity index is 413. The summed E-state index contributed by atoms with van der Waals surface area (Å²) in [6.07, 6.45) is 3.51. The van der Waals surface area contributed by atoms with Gasteiger partial charge in [-0.25, -0.2) is 4.98 Å². The number of nitrogens with one attached hydrogen (secondary N) is 2. The number of aromatic amines is 1. The van der Waals surface area contributed by atoms with E-state index in [2.05, 4.69) is 20.3 Å². The molecule has 0 atom stereocenters. The highest BCUT2D eigenvalue weighted by Gasteiger charge is 1.98. The van der Waals surface area contributed by atoms with Crippen molar-refractivity contribution in [3.05, 3.63) is 36.4 Å². The first-order chi connectivity index (χ1) is 7.38. The van der Waals surface area contributed by atoms with Gasteiger partial charge in [0.15, 0.2) is 0 Å². The van der Waals surface area contributed by atoms with Gasteiger partial charge < -0.3 is 15.0 Å². The number of anilines is 1. The van der Waals surface area contributed by atoms with Gasteiger partial charge >= 0.3 is 0 Å². The number of H-pyrrole nitrogens is 1. The Labute approximate surface area is 87.5 Å². The number of imidazole rings is 1. The fourth-order valence-corrected chi connectivity index (χ4v) is 1.20. The summed E-state index contributed by atoms with van der Waals surface area (Å²) in [4.78, 5) is 11.3. The second-order valence-corrected chi connectivity index (χ2v) is 2.95. The summed E-state index contributed by atoms with van der Waals surface area (Å²) in [5.41, 5.74) is 0. The second kappa shape index (κ2) is 4.45. The number of hydrogen-bond acceptors (Lipinski definition) is 4. The van der Waals surface area contributed by atoms with Crippen LogP contribution >= 0.6 is 0 Å². The van der Waals surface area contributed by atoms with Crippen LogP contribution in [0.2, 0.25) is 0 Å². The molecule has 0 radical (unpaired) electrons. The highest BCUT2D eigenvalue weighted by Crippen LogP contribution is 2.10. The van der Waals surface area contributed by atoms with E-state index in [1.54, 1.807) is 25.6 Å².